The molecule has 1 aliphatic heterocycles. The summed E-state index contributed by atoms with van der Waals surface area (Å²) in [6.07, 6.45) is 9.71. The zero-order valence-electron chi connectivity index (χ0n) is 18.2. The lowest BCUT2D eigenvalue weighted by Gasteiger charge is -2.39. The highest BCUT2D eigenvalue weighted by Gasteiger charge is 2.37. The Labute approximate surface area is 183 Å². The number of ether oxygens (including phenoxy) is 4. The first-order valence-electron chi connectivity index (χ1n) is 11.4. The normalized spacial score (nSPS) is 23.1. The van der Waals surface area contributed by atoms with Gasteiger partial charge in [0.1, 0.15) is 6.79 Å². The number of fused-ring (bicyclic) bond motifs is 5. The van der Waals surface area contributed by atoms with Crippen LogP contribution < -0.4 is 18.9 Å². The van der Waals surface area contributed by atoms with Crippen LogP contribution in [0.4, 0.5) is 0 Å². The zero-order valence-corrected chi connectivity index (χ0v) is 18.2. The standard InChI is InChI=1S/C25H28O4.CH2O/c1-26-22-9-8-16-10-19-15(11-21(16)25(22)29-18-4-2-3-5-18)6-7-17-12-23-24(13-20(17)19)28-14-27-23;1-2/h8-9,12-13,15,18-19H,2-7,10-11,14H2,1H3;1H2. The molecular weight excluding hydrogens is 392 g/mol. The summed E-state index contributed by atoms with van der Waals surface area (Å²) < 4.78 is 23.5. The van der Waals surface area contributed by atoms with Gasteiger partial charge in [0, 0.05) is 5.56 Å². The smallest absolute Gasteiger partial charge is 0.231 e. The number of benzene rings is 2. The van der Waals surface area contributed by atoms with E-state index in [1.54, 1.807) is 7.11 Å². The number of aryl methyl sites for hydroxylation is 1. The van der Waals surface area contributed by atoms with E-state index < -0.39 is 0 Å². The van der Waals surface area contributed by atoms with Crippen LogP contribution in [0.25, 0.3) is 0 Å². The molecule has 3 aliphatic carbocycles. The minimum atomic E-state index is 0.344. The number of methoxy groups -OCH3 is 1. The van der Waals surface area contributed by atoms with Crippen LogP contribution in [0, 0.1) is 5.92 Å². The number of rotatable bonds is 3. The van der Waals surface area contributed by atoms with Crippen molar-refractivity contribution in [3.63, 3.8) is 0 Å². The van der Waals surface area contributed by atoms with Crippen molar-refractivity contribution < 1.29 is 23.7 Å². The Hall–Kier alpha value is -2.69. The lowest BCUT2D eigenvalue weighted by molar-refractivity contribution is -0.0979. The number of carbonyl (C=O) groups excluding carboxylic acids is 1. The average Bonchev–Trinajstić information content (AvgIpc) is 3.50. The molecule has 0 spiro atoms. The first kappa shape index (κ1) is 20.2. The summed E-state index contributed by atoms with van der Waals surface area (Å²) in [5.41, 5.74) is 5.72. The molecule has 4 aliphatic rings. The summed E-state index contributed by atoms with van der Waals surface area (Å²) in [7, 11) is 1.76. The van der Waals surface area contributed by atoms with Crippen molar-refractivity contribution in [1.82, 2.24) is 0 Å². The Morgan fingerprint density at radius 3 is 2.52 bits per heavy atom. The molecule has 2 aromatic carbocycles. The highest BCUT2D eigenvalue weighted by molar-refractivity contribution is 5.56. The van der Waals surface area contributed by atoms with Crippen LogP contribution >= 0.6 is 0 Å². The highest BCUT2D eigenvalue weighted by Crippen LogP contribution is 2.50. The molecule has 0 amide bonds. The molecule has 164 valence electrons. The maximum atomic E-state index is 8.00. The molecular formula is C26H30O5. The van der Waals surface area contributed by atoms with Gasteiger partial charge < -0.3 is 23.7 Å². The van der Waals surface area contributed by atoms with Crippen molar-refractivity contribution in [3.05, 3.63) is 46.5 Å². The summed E-state index contributed by atoms with van der Waals surface area (Å²) in [5, 5.41) is 0. The predicted molar refractivity (Wildman–Crippen MR) is 118 cm³/mol. The summed E-state index contributed by atoms with van der Waals surface area (Å²) in [5.74, 6) is 4.94. The van der Waals surface area contributed by atoms with Gasteiger partial charge in [-0.3, -0.25) is 0 Å². The minimum Gasteiger partial charge on any atom is -0.493 e. The van der Waals surface area contributed by atoms with Crippen molar-refractivity contribution in [3.8, 4) is 23.0 Å². The van der Waals surface area contributed by atoms with Crippen LogP contribution in [0.15, 0.2) is 24.3 Å². The molecule has 5 nitrogen and oxygen atoms in total. The lowest BCUT2D eigenvalue weighted by Crippen LogP contribution is -2.29. The quantitative estimate of drug-likeness (QED) is 0.696. The topological polar surface area (TPSA) is 54.0 Å². The zero-order chi connectivity index (χ0) is 21.4. The summed E-state index contributed by atoms with van der Waals surface area (Å²) >= 11 is 0. The van der Waals surface area contributed by atoms with Gasteiger partial charge in [-0.15, -0.1) is 0 Å². The summed E-state index contributed by atoms with van der Waals surface area (Å²) in [4.78, 5) is 8.00. The highest BCUT2D eigenvalue weighted by atomic mass is 16.7. The van der Waals surface area contributed by atoms with Gasteiger partial charge in [0.15, 0.2) is 23.0 Å². The molecule has 1 saturated carbocycles. The molecule has 1 fully saturated rings. The maximum Gasteiger partial charge on any atom is 0.231 e. The number of hydrogen-bond donors (Lipinski definition) is 0. The number of hydrogen-bond acceptors (Lipinski definition) is 5. The Balaban J connectivity index is 0.000000994. The monoisotopic (exact) mass is 422 g/mol. The van der Waals surface area contributed by atoms with Crippen molar-refractivity contribution in [2.24, 2.45) is 5.92 Å². The molecule has 0 radical (unpaired) electrons. The van der Waals surface area contributed by atoms with E-state index in [9.17, 15) is 0 Å². The third-order valence-corrected chi connectivity index (χ3v) is 7.42. The largest absolute Gasteiger partial charge is 0.493 e. The fourth-order valence-electron chi connectivity index (χ4n) is 5.90. The Bertz CT molecular complexity index is 963. The van der Waals surface area contributed by atoms with Gasteiger partial charge in [0.05, 0.1) is 13.2 Å². The first-order chi connectivity index (χ1) is 15.3. The molecule has 0 N–H and O–H groups in total. The van der Waals surface area contributed by atoms with E-state index in [0.29, 0.717) is 24.7 Å². The fraction of sp³-hybridized carbons (Fsp3) is 0.500. The molecule has 0 aromatic heterocycles. The SMILES string of the molecule is C=O.COc1ccc2c(c1OC1CCCC1)CC1CCc3cc4c(cc3C1C2)OCO4. The van der Waals surface area contributed by atoms with Crippen molar-refractivity contribution in [2.45, 2.75) is 63.4 Å². The molecule has 0 saturated heterocycles. The van der Waals surface area contributed by atoms with E-state index in [0.717, 1.165) is 42.3 Å². The predicted octanol–water partition coefficient (Wildman–Crippen LogP) is 5.01. The van der Waals surface area contributed by atoms with Gasteiger partial charge in [0.25, 0.3) is 0 Å². The van der Waals surface area contributed by atoms with Gasteiger partial charge in [0.2, 0.25) is 6.79 Å². The molecule has 2 aromatic rings. The van der Waals surface area contributed by atoms with Crippen LogP contribution in [0.1, 0.15) is 60.3 Å². The Morgan fingerprint density at radius 1 is 0.968 bits per heavy atom. The van der Waals surface area contributed by atoms with E-state index in [2.05, 4.69) is 24.3 Å². The van der Waals surface area contributed by atoms with Gasteiger partial charge in [-0.25, -0.2) is 0 Å². The molecule has 2 unspecified atom stereocenters. The van der Waals surface area contributed by atoms with E-state index in [-0.39, 0.29) is 0 Å². The van der Waals surface area contributed by atoms with Crippen LogP contribution in [-0.2, 0) is 24.1 Å². The number of carbonyl (C=O) groups is 1. The molecule has 1 heterocycles. The minimum absolute atomic E-state index is 0.344. The third kappa shape index (κ3) is 3.54. The van der Waals surface area contributed by atoms with Gasteiger partial charge in [-0.05, 0) is 98.1 Å². The second-order valence-corrected chi connectivity index (χ2v) is 8.98. The van der Waals surface area contributed by atoms with Crippen LogP contribution in [0.5, 0.6) is 23.0 Å². The van der Waals surface area contributed by atoms with Crippen molar-refractivity contribution in [1.29, 1.82) is 0 Å². The molecule has 0 bridgehead atoms. The van der Waals surface area contributed by atoms with E-state index in [1.165, 1.54) is 54.4 Å². The van der Waals surface area contributed by atoms with E-state index >= 15 is 0 Å². The maximum absolute atomic E-state index is 8.00. The van der Waals surface area contributed by atoms with Crippen LogP contribution in [0.3, 0.4) is 0 Å². The lowest BCUT2D eigenvalue weighted by atomic mass is 9.66. The fourth-order valence-corrected chi connectivity index (χ4v) is 5.90. The van der Waals surface area contributed by atoms with E-state index in [1.807, 2.05) is 6.79 Å². The third-order valence-electron chi connectivity index (χ3n) is 7.42. The van der Waals surface area contributed by atoms with Crippen molar-refractivity contribution in [2.75, 3.05) is 13.9 Å². The average molecular weight is 423 g/mol. The van der Waals surface area contributed by atoms with Crippen molar-refractivity contribution >= 4 is 6.79 Å². The second-order valence-electron chi connectivity index (χ2n) is 8.98. The molecule has 2 atom stereocenters. The van der Waals surface area contributed by atoms with Crippen LogP contribution in [0.2, 0.25) is 0 Å². The van der Waals surface area contributed by atoms with Gasteiger partial charge in [-0.2, -0.15) is 0 Å². The van der Waals surface area contributed by atoms with Gasteiger partial charge >= 0.3 is 0 Å². The second kappa shape index (κ2) is 8.45. The van der Waals surface area contributed by atoms with Gasteiger partial charge in [-0.1, -0.05) is 6.07 Å². The molecule has 5 heteroatoms. The van der Waals surface area contributed by atoms with Crippen LogP contribution in [-0.4, -0.2) is 26.8 Å². The molecule has 6 rings (SSSR count). The first-order valence-corrected chi connectivity index (χ1v) is 11.4. The Kier molecular flexibility index (Phi) is 5.51. The summed E-state index contributed by atoms with van der Waals surface area (Å²) in [6, 6.07) is 8.82. The van der Waals surface area contributed by atoms with E-state index in [4.69, 9.17) is 23.7 Å². The Morgan fingerprint density at radius 2 is 1.74 bits per heavy atom. The summed E-state index contributed by atoms with van der Waals surface area (Å²) in [6.45, 7) is 2.34. The molecule has 31 heavy (non-hydrogen) atoms.